The second-order valence-electron chi connectivity index (χ2n) is 6.55. The first kappa shape index (κ1) is 18.9. The number of nitrogens with two attached hydrogens (primary N) is 1. The molecule has 1 saturated heterocycles. The number of fused-ring (bicyclic) bond motifs is 1. The molecule has 3 N–H and O–H groups in total. The maximum Gasteiger partial charge on any atom is 0.307 e. The van der Waals surface area contributed by atoms with Gasteiger partial charge in [0.1, 0.15) is 12.6 Å². The van der Waals surface area contributed by atoms with Gasteiger partial charge in [0, 0.05) is 36.7 Å². The number of esters is 1. The Bertz CT molecular complexity index is 861. The van der Waals surface area contributed by atoms with Crippen LogP contribution in [-0.2, 0) is 32.2 Å². The van der Waals surface area contributed by atoms with Crippen molar-refractivity contribution in [3.63, 3.8) is 0 Å². The van der Waals surface area contributed by atoms with Crippen molar-refractivity contribution < 1.29 is 19.1 Å². The molecule has 0 saturated carbocycles. The first-order chi connectivity index (χ1) is 13.0. The molecule has 1 fully saturated rings. The minimum Gasteiger partial charge on any atom is -0.466 e. The van der Waals surface area contributed by atoms with Crippen LogP contribution in [0.25, 0.3) is 10.9 Å². The van der Waals surface area contributed by atoms with Gasteiger partial charge in [-0.3, -0.25) is 19.3 Å². The summed E-state index contributed by atoms with van der Waals surface area (Å²) in [7, 11) is 0. The molecule has 0 bridgehead atoms. The van der Waals surface area contributed by atoms with Crippen molar-refractivity contribution in [3.8, 4) is 0 Å². The Morgan fingerprint density at radius 1 is 1.33 bits per heavy atom. The SMILES string of the molecule is CCOC(=O)CC1C(=O)NCCN1Cc1cn(CC(N)=O)c2ccccc12. The van der Waals surface area contributed by atoms with Gasteiger partial charge in [0.05, 0.1) is 13.0 Å². The molecule has 1 aromatic heterocycles. The van der Waals surface area contributed by atoms with E-state index in [2.05, 4.69) is 5.32 Å². The number of hydrogen-bond donors (Lipinski definition) is 2. The first-order valence-electron chi connectivity index (χ1n) is 9.02. The number of piperazine rings is 1. The average Bonchev–Trinajstić information content (AvgIpc) is 2.95. The van der Waals surface area contributed by atoms with Crippen molar-refractivity contribution in [1.29, 1.82) is 0 Å². The second-order valence-corrected chi connectivity index (χ2v) is 6.55. The van der Waals surface area contributed by atoms with Crippen molar-refractivity contribution in [3.05, 3.63) is 36.0 Å². The Morgan fingerprint density at radius 3 is 2.85 bits per heavy atom. The molecule has 0 spiro atoms. The zero-order chi connectivity index (χ0) is 19.4. The largest absolute Gasteiger partial charge is 0.466 e. The topological polar surface area (TPSA) is 107 Å². The minimum absolute atomic E-state index is 0.0135. The number of benzene rings is 1. The predicted octanol–water partition coefficient (Wildman–Crippen LogP) is 0.380. The zero-order valence-electron chi connectivity index (χ0n) is 15.3. The highest BCUT2D eigenvalue weighted by atomic mass is 16.5. The predicted molar refractivity (Wildman–Crippen MR) is 99.6 cm³/mol. The molecule has 1 atom stereocenters. The summed E-state index contributed by atoms with van der Waals surface area (Å²) in [5, 5.41) is 3.81. The lowest BCUT2D eigenvalue weighted by Crippen LogP contribution is -2.55. The third-order valence-electron chi connectivity index (χ3n) is 4.68. The highest BCUT2D eigenvalue weighted by molar-refractivity contribution is 5.88. The molecule has 27 heavy (non-hydrogen) atoms. The van der Waals surface area contributed by atoms with E-state index in [0.717, 1.165) is 16.5 Å². The van der Waals surface area contributed by atoms with E-state index in [1.807, 2.05) is 39.9 Å². The number of amides is 2. The molecule has 144 valence electrons. The summed E-state index contributed by atoms with van der Waals surface area (Å²) in [4.78, 5) is 37.6. The van der Waals surface area contributed by atoms with E-state index >= 15 is 0 Å². The second kappa shape index (κ2) is 8.22. The number of carbonyl (C=O) groups is 3. The summed E-state index contributed by atoms with van der Waals surface area (Å²) in [6.45, 7) is 3.76. The Balaban J connectivity index is 1.87. The number of nitrogens with one attached hydrogen (secondary N) is 1. The lowest BCUT2D eigenvalue weighted by Gasteiger charge is -2.34. The molecule has 2 amide bonds. The lowest BCUT2D eigenvalue weighted by atomic mass is 10.1. The Morgan fingerprint density at radius 2 is 2.11 bits per heavy atom. The van der Waals surface area contributed by atoms with Gasteiger partial charge in [-0.1, -0.05) is 18.2 Å². The van der Waals surface area contributed by atoms with Gasteiger partial charge in [-0.2, -0.15) is 0 Å². The monoisotopic (exact) mass is 372 g/mol. The van der Waals surface area contributed by atoms with Gasteiger partial charge in [0.2, 0.25) is 11.8 Å². The van der Waals surface area contributed by atoms with E-state index in [9.17, 15) is 14.4 Å². The molecule has 1 aliphatic heterocycles. The molecule has 0 radical (unpaired) electrons. The molecule has 2 heterocycles. The molecule has 2 aromatic rings. The van der Waals surface area contributed by atoms with E-state index in [4.69, 9.17) is 10.5 Å². The molecular formula is C19H24N4O4. The van der Waals surface area contributed by atoms with Crippen molar-refractivity contribution in [2.24, 2.45) is 5.73 Å². The van der Waals surface area contributed by atoms with Gasteiger partial charge >= 0.3 is 5.97 Å². The van der Waals surface area contributed by atoms with Crippen LogP contribution >= 0.6 is 0 Å². The number of primary amides is 1. The van der Waals surface area contributed by atoms with Gasteiger partial charge in [0.25, 0.3) is 0 Å². The minimum atomic E-state index is -0.573. The standard InChI is InChI=1S/C19H24N4O4/c1-2-27-18(25)9-16-19(26)21-7-8-22(16)10-13-11-23(12-17(20)24)15-6-4-3-5-14(13)15/h3-6,11,16H,2,7-10,12H2,1H3,(H2,20,24)(H,21,26). The molecule has 1 aromatic carbocycles. The molecular weight excluding hydrogens is 348 g/mol. The molecule has 8 nitrogen and oxygen atoms in total. The summed E-state index contributed by atoms with van der Waals surface area (Å²) in [6, 6.07) is 7.17. The fourth-order valence-electron chi connectivity index (χ4n) is 3.52. The quantitative estimate of drug-likeness (QED) is 0.684. The van der Waals surface area contributed by atoms with Crippen LogP contribution in [0.1, 0.15) is 18.9 Å². The number of rotatable bonds is 7. The van der Waals surface area contributed by atoms with E-state index in [1.54, 1.807) is 6.92 Å². The van der Waals surface area contributed by atoms with Gasteiger partial charge in [-0.15, -0.1) is 0 Å². The lowest BCUT2D eigenvalue weighted by molar-refractivity contribution is -0.148. The van der Waals surface area contributed by atoms with Crippen LogP contribution in [0.2, 0.25) is 0 Å². The van der Waals surface area contributed by atoms with E-state index in [-0.39, 0.29) is 31.4 Å². The molecule has 1 aliphatic rings. The smallest absolute Gasteiger partial charge is 0.307 e. The third kappa shape index (κ3) is 4.28. The van der Waals surface area contributed by atoms with Crippen LogP contribution in [0.5, 0.6) is 0 Å². The number of ether oxygens (including phenoxy) is 1. The molecule has 1 unspecified atom stereocenters. The molecule has 3 rings (SSSR count). The highest BCUT2D eigenvalue weighted by Gasteiger charge is 2.32. The third-order valence-corrected chi connectivity index (χ3v) is 4.68. The van der Waals surface area contributed by atoms with Crippen LogP contribution in [0.4, 0.5) is 0 Å². The summed E-state index contributed by atoms with van der Waals surface area (Å²) >= 11 is 0. The summed E-state index contributed by atoms with van der Waals surface area (Å²) in [5.74, 6) is -0.976. The van der Waals surface area contributed by atoms with Gasteiger partial charge < -0.3 is 20.4 Å². The van der Waals surface area contributed by atoms with Crippen molar-refractivity contribution in [2.45, 2.75) is 32.5 Å². The molecule has 8 heteroatoms. The van der Waals surface area contributed by atoms with E-state index in [1.165, 1.54) is 0 Å². The van der Waals surface area contributed by atoms with Crippen LogP contribution in [0.3, 0.4) is 0 Å². The van der Waals surface area contributed by atoms with Crippen LogP contribution in [-0.4, -0.2) is 53.0 Å². The van der Waals surface area contributed by atoms with Crippen molar-refractivity contribution >= 4 is 28.7 Å². The number of aromatic nitrogens is 1. The first-order valence-corrected chi connectivity index (χ1v) is 9.02. The summed E-state index contributed by atoms with van der Waals surface area (Å²) in [5.41, 5.74) is 7.25. The number of hydrogen-bond acceptors (Lipinski definition) is 5. The van der Waals surface area contributed by atoms with Crippen molar-refractivity contribution in [2.75, 3.05) is 19.7 Å². The fraction of sp³-hybridized carbons (Fsp3) is 0.421. The number of para-hydroxylation sites is 1. The average molecular weight is 372 g/mol. The van der Waals surface area contributed by atoms with Gasteiger partial charge in [-0.25, -0.2) is 0 Å². The number of nitrogens with zero attached hydrogens (tertiary/aromatic N) is 2. The zero-order valence-corrected chi connectivity index (χ0v) is 15.3. The number of carbonyl (C=O) groups excluding carboxylic acids is 3. The fourth-order valence-corrected chi connectivity index (χ4v) is 3.52. The summed E-state index contributed by atoms with van der Waals surface area (Å²) < 4.78 is 6.83. The summed E-state index contributed by atoms with van der Waals surface area (Å²) in [6.07, 6.45) is 1.91. The van der Waals surface area contributed by atoms with Crippen molar-refractivity contribution in [1.82, 2.24) is 14.8 Å². The van der Waals surface area contributed by atoms with Crippen LogP contribution < -0.4 is 11.1 Å². The van der Waals surface area contributed by atoms with Crippen LogP contribution in [0, 0.1) is 0 Å². The Labute approximate surface area is 157 Å². The van der Waals surface area contributed by atoms with E-state index < -0.39 is 11.9 Å². The highest BCUT2D eigenvalue weighted by Crippen LogP contribution is 2.24. The molecule has 0 aliphatic carbocycles. The van der Waals surface area contributed by atoms with Gasteiger partial charge in [-0.05, 0) is 18.6 Å². The maximum atomic E-state index is 12.3. The van der Waals surface area contributed by atoms with Crippen LogP contribution in [0.15, 0.2) is 30.5 Å². The normalized spacial score (nSPS) is 17.7. The van der Waals surface area contributed by atoms with Gasteiger partial charge in [0.15, 0.2) is 0 Å². The Kier molecular flexibility index (Phi) is 5.75. The Hall–Kier alpha value is -2.87. The maximum absolute atomic E-state index is 12.3. The van der Waals surface area contributed by atoms with E-state index in [0.29, 0.717) is 19.6 Å².